The van der Waals surface area contributed by atoms with E-state index >= 15 is 0 Å². The summed E-state index contributed by atoms with van der Waals surface area (Å²) in [6.45, 7) is 6.07. The van der Waals surface area contributed by atoms with Gasteiger partial charge in [-0.05, 0) is 56.9 Å². The minimum absolute atomic E-state index is 0.111. The molecule has 0 spiro atoms. The van der Waals surface area contributed by atoms with Crippen LogP contribution >= 0.6 is 0 Å². The van der Waals surface area contributed by atoms with Crippen LogP contribution in [0.2, 0.25) is 0 Å². The van der Waals surface area contributed by atoms with Crippen molar-refractivity contribution in [1.82, 2.24) is 10.2 Å². The van der Waals surface area contributed by atoms with Crippen molar-refractivity contribution in [3.63, 3.8) is 0 Å². The Kier molecular flexibility index (Phi) is 7.83. The number of nitrogens with zero attached hydrogens (tertiary/aromatic N) is 1. The lowest BCUT2D eigenvalue weighted by Crippen LogP contribution is -2.50. The third kappa shape index (κ3) is 6.65. The van der Waals surface area contributed by atoms with Crippen molar-refractivity contribution < 1.29 is 14.0 Å². The molecular weight excluding hydrogens is 391 g/mol. The Hall–Kier alpha value is -2.69. The molecule has 1 aliphatic carbocycles. The first-order chi connectivity index (χ1) is 14.8. The molecule has 1 aliphatic rings. The summed E-state index contributed by atoms with van der Waals surface area (Å²) < 4.78 is 13.3. The van der Waals surface area contributed by atoms with Crippen LogP contribution in [-0.2, 0) is 22.6 Å². The fourth-order valence-corrected chi connectivity index (χ4v) is 4.39. The molecule has 0 unspecified atom stereocenters. The lowest BCUT2D eigenvalue weighted by atomic mass is 9.95. The highest BCUT2D eigenvalue weighted by Crippen LogP contribution is 2.19. The van der Waals surface area contributed by atoms with Crippen LogP contribution in [0, 0.1) is 19.7 Å². The lowest BCUT2D eigenvalue weighted by molar-refractivity contribution is -0.140. The Balaban J connectivity index is 1.77. The maximum absolute atomic E-state index is 13.3. The smallest absolute Gasteiger partial charge is 0.242 e. The van der Waals surface area contributed by atoms with Crippen LogP contribution in [0.5, 0.6) is 0 Å². The van der Waals surface area contributed by atoms with Gasteiger partial charge in [-0.15, -0.1) is 0 Å². The average molecular weight is 425 g/mol. The largest absolute Gasteiger partial charge is 0.352 e. The van der Waals surface area contributed by atoms with E-state index in [1.54, 1.807) is 24.0 Å². The highest BCUT2D eigenvalue weighted by molar-refractivity contribution is 5.88. The summed E-state index contributed by atoms with van der Waals surface area (Å²) in [6.07, 6.45) is 5.69. The van der Waals surface area contributed by atoms with Gasteiger partial charge in [0.2, 0.25) is 11.8 Å². The first-order valence-electron chi connectivity index (χ1n) is 11.2. The van der Waals surface area contributed by atoms with Crippen LogP contribution < -0.4 is 5.32 Å². The summed E-state index contributed by atoms with van der Waals surface area (Å²) in [5.74, 6) is -0.552. The molecule has 2 aromatic carbocycles. The van der Waals surface area contributed by atoms with E-state index < -0.39 is 6.04 Å². The molecule has 166 valence electrons. The molecule has 0 heterocycles. The lowest BCUT2D eigenvalue weighted by Gasteiger charge is -2.31. The fourth-order valence-electron chi connectivity index (χ4n) is 4.39. The van der Waals surface area contributed by atoms with Crippen molar-refractivity contribution >= 4 is 11.8 Å². The Morgan fingerprint density at radius 1 is 1.00 bits per heavy atom. The average Bonchev–Trinajstić information content (AvgIpc) is 2.72. The Morgan fingerprint density at radius 3 is 2.23 bits per heavy atom. The van der Waals surface area contributed by atoms with Crippen molar-refractivity contribution in [3.8, 4) is 0 Å². The summed E-state index contributed by atoms with van der Waals surface area (Å²) >= 11 is 0. The van der Waals surface area contributed by atoms with Crippen LogP contribution in [-0.4, -0.2) is 28.8 Å². The maximum atomic E-state index is 13.3. The maximum Gasteiger partial charge on any atom is 0.242 e. The molecule has 4 nitrogen and oxygen atoms in total. The van der Waals surface area contributed by atoms with Gasteiger partial charge in [0.15, 0.2) is 0 Å². The van der Waals surface area contributed by atoms with Gasteiger partial charge in [0.1, 0.15) is 11.9 Å². The molecule has 0 radical (unpaired) electrons. The van der Waals surface area contributed by atoms with Gasteiger partial charge in [-0.2, -0.15) is 0 Å². The molecule has 0 aliphatic heterocycles. The highest BCUT2D eigenvalue weighted by Gasteiger charge is 2.28. The Morgan fingerprint density at radius 2 is 1.61 bits per heavy atom. The summed E-state index contributed by atoms with van der Waals surface area (Å²) in [5, 5.41) is 3.14. The second kappa shape index (κ2) is 10.6. The zero-order valence-corrected chi connectivity index (χ0v) is 18.8. The number of carbonyl (C=O) groups is 2. The molecule has 1 N–H and O–H groups in total. The van der Waals surface area contributed by atoms with E-state index in [-0.39, 0.29) is 36.6 Å². The summed E-state index contributed by atoms with van der Waals surface area (Å²) in [4.78, 5) is 27.9. The van der Waals surface area contributed by atoms with Gasteiger partial charge in [-0.25, -0.2) is 4.39 Å². The molecule has 5 heteroatoms. The van der Waals surface area contributed by atoms with E-state index in [1.807, 2.05) is 26.0 Å². The number of carbonyl (C=O) groups excluding carboxylic acids is 2. The molecule has 1 saturated carbocycles. The van der Waals surface area contributed by atoms with Gasteiger partial charge in [0.05, 0.1) is 6.42 Å². The predicted molar refractivity (Wildman–Crippen MR) is 121 cm³/mol. The third-order valence-electron chi connectivity index (χ3n) is 6.02. The van der Waals surface area contributed by atoms with E-state index in [2.05, 4.69) is 11.4 Å². The fraction of sp³-hybridized carbons (Fsp3) is 0.462. The molecule has 1 atom stereocenters. The van der Waals surface area contributed by atoms with Gasteiger partial charge in [-0.1, -0.05) is 60.7 Å². The second-order valence-electron chi connectivity index (χ2n) is 8.84. The number of rotatable bonds is 7. The van der Waals surface area contributed by atoms with Crippen LogP contribution in [0.25, 0.3) is 0 Å². The molecule has 0 bridgehead atoms. The van der Waals surface area contributed by atoms with Crippen molar-refractivity contribution in [2.24, 2.45) is 0 Å². The molecular formula is C26H33FN2O2. The molecule has 2 aromatic rings. The van der Waals surface area contributed by atoms with Gasteiger partial charge in [0, 0.05) is 12.6 Å². The summed E-state index contributed by atoms with van der Waals surface area (Å²) in [6, 6.07) is 11.8. The summed E-state index contributed by atoms with van der Waals surface area (Å²) in [7, 11) is 0. The van der Waals surface area contributed by atoms with Gasteiger partial charge < -0.3 is 10.2 Å². The first-order valence-corrected chi connectivity index (χ1v) is 11.2. The normalized spacial score (nSPS) is 15.4. The van der Waals surface area contributed by atoms with E-state index in [9.17, 15) is 14.0 Å². The summed E-state index contributed by atoms with van der Waals surface area (Å²) in [5.41, 5.74) is 3.95. The number of amides is 2. The van der Waals surface area contributed by atoms with E-state index in [4.69, 9.17) is 0 Å². The number of hydrogen-bond donors (Lipinski definition) is 1. The van der Waals surface area contributed by atoms with E-state index in [0.717, 1.165) is 47.9 Å². The SMILES string of the molecule is Cc1cc(C)cc(CC(=O)N(Cc2ccc(F)cc2)[C@H](C)C(=O)NC2CCCCC2)c1. The first kappa shape index (κ1) is 23.0. The van der Waals surface area contributed by atoms with Gasteiger partial charge in [-0.3, -0.25) is 9.59 Å². The Labute approximate surface area is 184 Å². The molecule has 1 fully saturated rings. The number of nitrogens with one attached hydrogen (secondary N) is 1. The van der Waals surface area contributed by atoms with Gasteiger partial charge in [0.25, 0.3) is 0 Å². The zero-order valence-electron chi connectivity index (χ0n) is 18.8. The predicted octanol–water partition coefficient (Wildman–Crippen LogP) is 4.85. The van der Waals surface area contributed by atoms with Crippen LogP contribution in [0.1, 0.15) is 61.3 Å². The van der Waals surface area contributed by atoms with Crippen LogP contribution in [0.3, 0.4) is 0 Å². The zero-order chi connectivity index (χ0) is 22.4. The monoisotopic (exact) mass is 424 g/mol. The van der Waals surface area contributed by atoms with Crippen molar-refractivity contribution in [3.05, 3.63) is 70.5 Å². The van der Waals surface area contributed by atoms with Gasteiger partial charge >= 0.3 is 0 Å². The van der Waals surface area contributed by atoms with E-state index in [0.29, 0.717) is 0 Å². The Bertz CT molecular complexity index is 884. The number of benzene rings is 2. The van der Waals surface area contributed by atoms with Crippen molar-refractivity contribution in [2.75, 3.05) is 0 Å². The van der Waals surface area contributed by atoms with Crippen LogP contribution in [0.15, 0.2) is 42.5 Å². The number of hydrogen-bond acceptors (Lipinski definition) is 2. The third-order valence-corrected chi connectivity index (χ3v) is 6.02. The molecule has 31 heavy (non-hydrogen) atoms. The highest BCUT2D eigenvalue weighted by atomic mass is 19.1. The molecule has 3 rings (SSSR count). The molecule has 2 amide bonds. The molecule has 0 saturated heterocycles. The quantitative estimate of drug-likeness (QED) is 0.691. The van der Waals surface area contributed by atoms with E-state index in [1.165, 1.54) is 18.6 Å². The minimum Gasteiger partial charge on any atom is -0.352 e. The number of aryl methyl sites for hydroxylation is 2. The topological polar surface area (TPSA) is 49.4 Å². The van der Waals surface area contributed by atoms with Crippen molar-refractivity contribution in [1.29, 1.82) is 0 Å². The van der Waals surface area contributed by atoms with Crippen LogP contribution in [0.4, 0.5) is 4.39 Å². The molecule has 0 aromatic heterocycles. The number of halogens is 1. The second-order valence-corrected chi connectivity index (χ2v) is 8.84. The minimum atomic E-state index is -0.606. The standard InChI is InChI=1S/C26H33FN2O2/c1-18-13-19(2)15-22(14-18)16-25(30)29(17-21-9-11-23(27)12-10-21)20(3)26(31)28-24-7-5-4-6-8-24/h9-15,20,24H,4-8,16-17H2,1-3H3,(H,28,31)/t20-/m1/s1. The van der Waals surface area contributed by atoms with Crippen molar-refractivity contribution in [2.45, 2.75) is 77.9 Å².